The molecule has 0 radical (unpaired) electrons. The third kappa shape index (κ3) is 2.93. The highest BCUT2D eigenvalue weighted by Crippen LogP contribution is 2.16. The van der Waals surface area contributed by atoms with Crippen LogP contribution >= 0.6 is 11.8 Å². The van der Waals surface area contributed by atoms with Gasteiger partial charge in [-0.3, -0.25) is 9.36 Å². The number of Topliss-reactive ketones (excluding diaryl/α,β-unsaturated/α-hetero) is 1. The largest absolute Gasteiger partial charge is 0.343 e. The number of hydrogen-bond acceptors (Lipinski definition) is 4. The molecule has 1 N–H and O–H groups in total. The van der Waals surface area contributed by atoms with Crippen molar-refractivity contribution in [3.8, 4) is 0 Å². The fourth-order valence-corrected chi connectivity index (χ4v) is 2.48. The molecule has 0 aliphatic carbocycles. The van der Waals surface area contributed by atoms with E-state index in [9.17, 15) is 14.0 Å². The van der Waals surface area contributed by atoms with Crippen LogP contribution in [0.5, 0.6) is 0 Å². The quantitative estimate of drug-likeness (QED) is 0.669. The average Bonchev–Trinajstić information content (AvgIpc) is 2.77. The second-order valence-electron chi connectivity index (χ2n) is 3.75. The predicted molar refractivity (Wildman–Crippen MR) is 70.0 cm³/mol. The zero-order valence-electron chi connectivity index (χ0n) is 10.2. The molecule has 19 heavy (non-hydrogen) atoms. The van der Waals surface area contributed by atoms with Gasteiger partial charge in [-0.05, 0) is 19.1 Å². The Morgan fingerprint density at radius 2 is 2.21 bits per heavy atom. The van der Waals surface area contributed by atoms with E-state index in [0.717, 1.165) is 11.8 Å². The standard InChI is InChI=1S/C12H12FN3O2S/c1-2-16-11(18)14-15-12(16)19-7-10(17)8-5-3-4-6-9(8)13/h3-6H,2,7H2,1H3,(H,14,18). The van der Waals surface area contributed by atoms with Crippen LogP contribution in [-0.4, -0.2) is 26.3 Å². The molecule has 5 nitrogen and oxygen atoms in total. The maximum Gasteiger partial charge on any atom is 0.343 e. The maximum atomic E-state index is 13.4. The van der Waals surface area contributed by atoms with E-state index in [-0.39, 0.29) is 22.8 Å². The zero-order chi connectivity index (χ0) is 13.8. The number of ketones is 1. The van der Waals surface area contributed by atoms with Gasteiger partial charge in [0.15, 0.2) is 10.9 Å². The highest BCUT2D eigenvalue weighted by Gasteiger charge is 2.14. The number of thioether (sulfide) groups is 1. The molecule has 0 aliphatic rings. The Labute approximate surface area is 112 Å². The minimum absolute atomic E-state index is 0.0330. The van der Waals surface area contributed by atoms with E-state index < -0.39 is 5.82 Å². The molecule has 1 aromatic carbocycles. The van der Waals surface area contributed by atoms with Crippen LogP contribution in [0.4, 0.5) is 4.39 Å². The average molecular weight is 281 g/mol. The van der Waals surface area contributed by atoms with Crippen molar-refractivity contribution in [2.75, 3.05) is 5.75 Å². The van der Waals surface area contributed by atoms with Gasteiger partial charge in [0, 0.05) is 6.54 Å². The van der Waals surface area contributed by atoms with E-state index in [1.54, 1.807) is 13.0 Å². The number of benzene rings is 1. The van der Waals surface area contributed by atoms with E-state index in [0.29, 0.717) is 11.7 Å². The number of rotatable bonds is 5. The zero-order valence-corrected chi connectivity index (χ0v) is 11.0. The number of aromatic amines is 1. The van der Waals surface area contributed by atoms with Crippen LogP contribution in [0, 0.1) is 5.82 Å². The molecular weight excluding hydrogens is 269 g/mol. The molecule has 7 heteroatoms. The first-order chi connectivity index (χ1) is 9.13. The van der Waals surface area contributed by atoms with Crippen molar-refractivity contribution in [1.82, 2.24) is 14.8 Å². The number of nitrogens with one attached hydrogen (secondary N) is 1. The smallest absolute Gasteiger partial charge is 0.293 e. The summed E-state index contributed by atoms with van der Waals surface area (Å²) in [6.07, 6.45) is 0. The number of halogens is 1. The minimum atomic E-state index is -0.539. The van der Waals surface area contributed by atoms with Gasteiger partial charge in [0.1, 0.15) is 5.82 Å². The normalized spacial score (nSPS) is 10.6. The van der Waals surface area contributed by atoms with Crippen molar-refractivity contribution < 1.29 is 9.18 Å². The Hall–Kier alpha value is -1.89. The highest BCUT2D eigenvalue weighted by molar-refractivity contribution is 7.99. The van der Waals surface area contributed by atoms with Crippen LogP contribution < -0.4 is 5.69 Å². The number of H-pyrrole nitrogens is 1. The summed E-state index contributed by atoms with van der Waals surface area (Å²) in [6.45, 7) is 2.27. The van der Waals surface area contributed by atoms with Crippen molar-refractivity contribution in [2.45, 2.75) is 18.6 Å². The first-order valence-electron chi connectivity index (χ1n) is 5.69. The van der Waals surface area contributed by atoms with E-state index in [1.807, 2.05) is 0 Å². The molecule has 0 saturated heterocycles. The summed E-state index contributed by atoms with van der Waals surface area (Å²) in [5.41, 5.74) is -0.265. The lowest BCUT2D eigenvalue weighted by Gasteiger charge is -2.03. The Morgan fingerprint density at radius 1 is 1.47 bits per heavy atom. The second-order valence-corrected chi connectivity index (χ2v) is 4.69. The number of carbonyl (C=O) groups is 1. The summed E-state index contributed by atoms with van der Waals surface area (Å²) >= 11 is 1.11. The molecule has 100 valence electrons. The van der Waals surface area contributed by atoms with Gasteiger partial charge in [0.05, 0.1) is 11.3 Å². The molecule has 2 aromatic rings. The molecule has 0 bridgehead atoms. The molecular formula is C12H12FN3O2S. The molecule has 0 amide bonds. The van der Waals surface area contributed by atoms with Crippen LogP contribution in [0.15, 0.2) is 34.2 Å². The first kappa shape index (κ1) is 13.5. The number of aromatic nitrogens is 3. The van der Waals surface area contributed by atoms with Crippen molar-refractivity contribution in [3.05, 3.63) is 46.1 Å². The van der Waals surface area contributed by atoms with Gasteiger partial charge < -0.3 is 0 Å². The first-order valence-corrected chi connectivity index (χ1v) is 6.67. The summed E-state index contributed by atoms with van der Waals surface area (Å²) in [4.78, 5) is 23.2. The topological polar surface area (TPSA) is 67.8 Å². The molecule has 0 fully saturated rings. The number of hydrogen-bond donors (Lipinski definition) is 1. The molecule has 0 aliphatic heterocycles. The fourth-order valence-electron chi connectivity index (χ4n) is 1.59. The third-order valence-electron chi connectivity index (χ3n) is 2.55. The summed E-state index contributed by atoms with van der Waals surface area (Å²) in [5, 5.41) is 6.56. The summed E-state index contributed by atoms with van der Waals surface area (Å²) < 4.78 is 14.8. The van der Waals surface area contributed by atoms with Crippen molar-refractivity contribution in [3.63, 3.8) is 0 Å². The van der Waals surface area contributed by atoms with Crippen molar-refractivity contribution in [2.24, 2.45) is 0 Å². The van der Waals surface area contributed by atoms with E-state index in [1.165, 1.54) is 22.8 Å². The summed E-state index contributed by atoms with van der Waals surface area (Å²) in [6, 6.07) is 5.82. The summed E-state index contributed by atoms with van der Waals surface area (Å²) in [7, 11) is 0. The molecule has 2 rings (SSSR count). The Morgan fingerprint density at radius 3 is 2.89 bits per heavy atom. The molecule has 1 aromatic heterocycles. The fraction of sp³-hybridized carbons (Fsp3) is 0.250. The van der Waals surface area contributed by atoms with Gasteiger partial charge in [-0.1, -0.05) is 23.9 Å². The maximum absolute atomic E-state index is 13.4. The van der Waals surface area contributed by atoms with Crippen LogP contribution in [0.3, 0.4) is 0 Å². The Bertz CT molecular complexity index is 650. The van der Waals surface area contributed by atoms with Gasteiger partial charge in [-0.2, -0.15) is 0 Å². The molecule has 0 unspecified atom stereocenters. The minimum Gasteiger partial charge on any atom is -0.293 e. The van der Waals surface area contributed by atoms with Gasteiger partial charge in [0.25, 0.3) is 0 Å². The molecule has 0 spiro atoms. The number of nitrogens with zero attached hydrogens (tertiary/aromatic N) is 2. The van der Waals surface area contributed by atoms with Crippen molar-refractivity contribution in [1.29, 1.82) is 0 Å². The summed E-state index contributed by atoms with van der Waals surface area (Å²) in [5.74, 6) is -0.838. The number of carbonyl (C=O) groups excluding carboxylic acids is 1. The second kappa shape index (κ2) is 5.83. The lowest BCUT2D eigenvalue weighted by Crippen LogP contribution is -2.16. The van der Waals surface area contributed by atoms with E-state index in [4.69, 9.17) is 0 Å². The third-order valence-corrected chi connectivity index (χ3v) is 3.52. The lowest BCUT2D eigenvalue weighted by molar-refractivity contribution is 0.101. The van der Waals surface area contributed by atoms with Gasteiger partial charge in [0.2, 0.25) is 0 Å². The van der Waals surface area contributed by atoms with Crippen molar-refractivity contribution >= 4 is 17.5 Å². The van der Waals surface area contributed by atoms with E-state index >= 15 is 0 Å². The predicted octanol–water partition coefficient (Wildman–Crippen LogP) is 1.71. The monoisotopic (exact) mass is 281 g/mol. The molecule has 1 heterocycles. The van der Waals surface area contributed by atoms with Crippen LogP contribution in [-0.2, 0) is 6.54 Å². The Balaban J connectivity index is 2.09. The van der Waals surface area contributed by atoms with Crippen LogP contribution in [0.25, 0.3) is 0 Å². The van der Waals surface area contributed by atoms with Gasteiger partial charge in [-0.15, -0.1) is 5.10 Å². The van der Waals surface area contributed by atoms with Gasteiger partial charge >= 0.3 is 5.69 Å². The SMILES string of the molecule is CCn1c(SCC(=O)c2ccccc2F)n[nH]c1=O. The van der Waals surface area contributed by atoms with Crippen LogP contribution in [0.2, 0.25) is 0 Å². The van der Waals surface area contributed by atoms with Gasteiger partial charge in [-0.25, -0.2) is 14.3 Å². The molecule has 0 saturated carbocycles. The highest BCUT2D eigenvalue weighted by atomic mass is 32.2. The van der Waals surface area contributed by atoms with Crippen LogP contribution in [0.1, 0.15) is 17.3 Å². The lowest BCUT2D eigenvalue weighted by atomic mass is 10.1. The Kier molecular flexibility index (Phi) is 4.16. The van der Waals surface area contributed by atoms with E-state index in [2.05, 4.69) is 10.2 Å². The molecule has 0 atom stereocenters.